The Kier molecular flexibility index (Phi) is 5.79. The molecule has 1 N–H and O–H groups in total. The van der Waals surface area contributed by atoms with Crippen molar-refractivity contribution in [3.8, 4) is 0 Å². The molecule has 3 nitrogen and oxygen atoms in total. The number of rotatable bonds is 5. The third-order valence-corrected chi connectivity index (χ3v) is 4.58. The summed E-state index contributed by atoms with van der Waals surface area (Å²) in [5, 5.41) is 2.56. The molecule has 2 atom stereocenters. The van der Waals surface area contributed by atoms with Crippen LogP contribution in [0.4, 0.5) is 0 Å². The molecule has 0 aliphatic carbocycles. The molecule has 1 heterocycles. The van der Waals surface area contributed by atoms with Crippen molar-refractivity contribution in [3.05, 3.63) is 0 Å². The summed E-state index contributed by atoms with van der Waals surface area (Å²) in [6, 6.07) is 0. The van der Waals surface area contributed by atoms with Crippen LogP contribution in [0.5, 0.6) is 0 Å². The van der Waals surface area contributed by atoms with Gasteiger partial charge in [-0.05, 0) is 39.0 Å². The molecule has 1 fully saturated rings. The second kappa shape index (κ2) is 6.62. The fourth-order valence-electron chi connectivity index (χ4n) is 2.00. The van der Waals surface area contributed by atoms with Crippen LogP contribution in [0, 0.1) is 0 Å². The largest absolute Gasteiger partial charge is 0.380 e. The van der Waals surface area contributed by atoms with E-state index in [2.05, 4.69) is 5.32 Å². The van der Waals surface area contributed by atoms with E-state index in [9.17, 15) is 4.79 Å². The number of hydrogen-bond acceptors (Lipinski definition) is 2. The predicted molar refractivity (Wildman–Crippen MR) is 70.0 cm³/mol. The molecular weight excluding hydrogens is 242 g/mol. The van der Waals surface area contributed by atoms with Gasteiger partial charge in [0.25, 0.3) is 0 Å². The molecule has 1 amide bonds. The molecule has 1 aliphatic rings. The zero-order chi connectivity index (χ0) is 12.0. The number of carbonyl (C=O) groups excluding carboxylic acids is 1. The standard InChI is InChI=1S/C11H22ClNO2Si/c1-9(12)10(14)13-7-4-6-11(16)5-2-3-8-15-11/h9H,2-8H2,1,16H3,(H,13,14). The van der Waals surface area contributed by atoms with Gasteiger partial charge in [0, 0.05) is 28.6 Å². The van der Waals surface area contributed by atoms with Crippen molar-refractivity contribution in [1.29, 1.82) is 0 Å². The van der Waals surface area contributed by atoms with Crippen molar-refractivity contribution in [2.75, 3.05) is 13.2 Å². The zero-order valence-electron chi connectivity index (χ0n) is 10.2. The van der Waals surface area contributed by atoms with E-state index in [1.807, 2.05) is 0 Å². The lowest BCUT2D eigenvalue weighted by atomic mass is 10.0. The molecule has 0 aromatic carbocycles. The molecule has 0 saturated carbocycles. The minimum absolute atomic E-state index is 0.0753. The van der Waals surface area contributed by atoms with Crippen LogP contribution in [0.3, 0.4) is 0 Å². The molecule has 94 valence electrons. The maximum Gasteiger partial charge on any atom is 0.237 e. The number of carbonyl (C=O) groups is 1. The second-order valence-electron chi connectivity index (χ2n) is 4.77. The first kappa shape index (κ1) is 14.0. The third kappa shape index (κ3) is 4.85. The van der Waals surface area contributed by atoms with Crippen LogP contribution in [0.1, 0.15) is 39.0 Å². The van der Waals surface area contributed by atoms with Gasteiger partial charge < -0.3 is 10.1 Å². The highest BCUT2D eigenvalue weighted by Gasteiger charge is 2.26. The average Bonchev–Trinajstić information content (AvgIpc) is 2.25. The van der Waals surface area contributed by atoms with E-state index in [0.29, 0.717) is 6.54 Å². The van der Waals surface area contributed by atoms with Crippen LogP contribution >= 0.6 is 11.6 Å². The monoisotopic (exact) mass is 263 g/mol. The van der Waals surface area contributed by atoms with Gasteiger partial charge >= 0.3 is 0 Å². The maximum absolute atomic E-state index is 11.2. The number of halogens is 1. The third-order valence-electron chi connectivity index (χ3n) is 3.09. The van der Waals surface area contributed by atoms with E-state index < -0.39 is 5.38 Å². The van der Waals surface area contributed by atoms with Gasteiger partial charge in [0.1, 0.15) is 5.38 Å². The molecule has 1 saturated heterocycles. The summed E-state index contributed by atoms with van der Waals surface area (Å²) >= 11 is 5.65. The van der Waals surface area contributed by atoms with Crippen molar-refractivity contribution >= 4 is 27.8 Å². The molecule has 2 unspecified atom stereocenters. The molecule has 0 aromatic heterocycles. The normalized spacial score (nSPS) is 27.6. The molecular formula is C11H22ClNO2Si. The second-order valence-corrected chi connectivity index (χ2v) is 7.24. The molecule has 0 bridgehead atoms. The summed E-state index contributed by atoms with van der Waals surface area (Å²) in [6.07, 6.45) is 5.73. The van der Waals surface area contributed by atoms with Crippen LogP contribution in [0.25, 0.3) is 0 Å². The van der Waals surface area contributed by atoms with Crippen molar-refractivity contribution < 1.29 is 9.53 Å². The van der Waals surface area contributed by atoms with Crippen LogP contribution < -0.4 is 5.32 Å². The Morgan fingerprint density at radius 3 is 2.94 bits per heavy atom. The topological polar surface area (TPSA) is 38.3 Å². The van der Waals surface area contributed by atoms with Crippen LogP contribution in [-0.2, 0) is 9.53 Å². The first-order valence-electron chi connectivity index (χ1n) is 6.09. The highest BCUT2D eigenvalue weighted by Crippen LogP contribution is 2.25. The van der Waals surface area contributed by atoms with Gasteiger partial charge in [-0.1, -0.05) is 0 Å². The molecule has 16 heavy (non-hydrogen) atoms. The summed E-state index contributed by atoms with van der Waals surface area (Å²) in [4.78, 5) is 11.2. The quantitative estimate of drug-likeness (QED) is 0.452. The maximum atomic E-state index is 11.2. The van der Waals surface area contributed by atoms with Crippen LogP contribution in [0.15, 0.2) is 0 Å². The first-order chi connectivity index (χ1) is 7.53. The van der Waals surface area contributed by atoms with Gasteiger partial charge in [-0.3, -0.25) is 4.79 Å². The Morgan fingerprint density at radius 1 is 1.62 bits per heavy atom. The molecule has 0 aromatic rings. The van der Waals surface area contributed by atoms with E-state index >= 15 is 0 Å². The lowest BCUT2D eigenvalue weighted by molar-refractivity contribution is -0.120. The van der Waals surface area contributed by atoms with Gasteiger partial charge in [0.15, 0.2) is 0 Å². The van der Waals surface area contributed by atoms with Gasteiger partial charge in [-0.2, -0.15) is 0 Å². The van der Waals surface area contributed by atoms with Gasteiger partial charge in [-0.15, -0.1) is 11.6 Å². The summed E-state index contributed by atoms with van der Waals surface area (Å²) in [6.45, 7) is 3.31. The Labute approximate surface area is 106 Å². The number of alkyl halides is 1. The first-order valence-corrected chi connectivity index (χ1v) is 7.53. The lowest BCUT2D eigenvalue weighted by Crippen LogP contribution is -2.38. The van der Waals surface area contributed by atoms with E-state index in [-0.39, 0.29) is 11.1 Å². The number of hydrogen-bond donors (Lipinski definition) is 1. The number of amides is 1. The predicted octanol–water partition coefficient (Wildman–Crippen LogP) is 0.772. The van der Waals surface area contributed by atoms with Gasteiger partial charge in [-0.25, -0.2) is 0 Å². The van der Waals surface area contributed by atoms with E-state index in [4.69, 9.17) is 16.3 Å². The van der Waals surface area contributed by atoms with Gasteiger partial charge in [0.2, 0.25) is 5.91 Å². The molecule has 5 heteroatoms. The van der Waals surface area contributed by atoms with Crippen LogP contribution in [0.2, 0.25) is 0 Å². The smallest absolute Gasteiger partial charge is 0.237 e. The summed E-state index contributed by atoms with van der Waals surface area (Å²) in [7, 11) is 1.08. The Balaban J connectivity index is 2.12. The number of nitrogens with one attached hydrogen (secondary N) is 1. The van der Waals surface area contributed by atoms with Crippen LogP contribution in [-0.4, -0.2) is 39.9 Å². The van der Waals surface area contributed by atoms with Crippen molar-refractivity contribution in [1.82, 2.24) is 5.32 Å². The zero-order valence-corrected chi connectivity index (χ0v) is 13.0. The Morgan fingerprint density at radius 2 is 2.38 bits per heavy atom. The summed E-state index contributed by atoms with van der Waals surface area (Å²) in [5.41, 5.74) is 0. The average molecular weight is 264 g/mol. The highest BCUT2D eigenvalue weighted by atomic mass is 35.5. The number of ether oxygens (including phenoxy) is 1. The molecule has 0 spiro atoms. The van der Waals surface area contributed by atoms with Crippen molar-refractivity contribution in [3.63, 3.8) is 0 Å². The molecule has 1 rings (SSSR count). The molecule has 1 aliphatic heterocycles. The molecule has 0 radical (unpaired) electrons. The summed E-state index contributed by atoms with van der Waals surface area (Å²) in [5.74, 6) is -0.0753. The minimum atomic E-state index is -0.434. The van der Waals surface area contributed by atoms with Gasteiger partial charge in [0.05, 0.1) is 0 Å². The Hall–Kier alpha value is -0.0631. The lowest BCUT2D eigenvalue weighted by Gasteiger charge is -2.34. The Bertz CT molecular complexity index is 230. The van der Waals surface area contributed by atoms with E-state index in [0.717, 1.165) is 29.7 Å². The summed E-state index contributed by atoms with van der Waals surface area (Å²) < 4.78 is 5.84. The highest BCUT2D eigenvalue weighted by molar-refractivity contribution is 6.30. The fraction of sp³-hybridized carbons (Fsp3) is 0.909. The van der Waals surface area contributed by atoms with Crippen molar-refractivity contribution in [2.24, 2.45) is 0 Å². The van der Waals surface area contributed by atoms with E-state index in [1.165, 1.54) is 19.3 Å². The van der Waals surface area contributed by atoms with E-state index in [1.54, 1.807) is 6.92 Å². The van der Waals surface area contributed by atoms with Crippen molar-refractivity contribution in [2.45, 2.75) is 49.6 Å². The SMILES string of the molecule is CC(Cl)C(=O)NCCCC1([SiH3])CCCCO1. The fourth-order valence-corrected chi connectivity index (χ4v) is 2.99. The minimum Gasteiger partial charge on any atom is -0.380 e.